The fourth-order valence-corrected chi connectivity index (χ4v) is 3.02. The van der Waals surface area contributed by atoms with E-state index >= 15 is 0 Å². The molecule has 1 saturated heterocycles. The Morgan fingerprint density at radius 1 is 1.05 bits per heavy atom. The molecule has 2 aliphatic heterocycles. The number of nitrogens with zero attached hydrogens (tertiary/aromatic N) is 4. The van der Waals surface area contributed by atoms with Gasteiger partial charge in [0.15, 0.2) is 0 Å². The van der Waals surface area contributed by atoms with Crippen molar-refractivity contribution >= 4 is 5.95 Å². The number of piperazine rings is 1. The van der Waals surface area contributed by atoms with Gasteiger partial charge in [-0.05, 0) is 19.9 Å². The normalized spacial score (nSPS) is 23.7. The highest BCUT2D eigenvalue weighted by atomic mass is 15.3. The van der Waals surface area contributed by atoms with Crippen LogP contribution in [0.15, 0.2) is 0 Å². The molecule has 1 saturated carbocycles. The second kappa shape index (κ2) is 4.42. The zero-order valence-corrected chi connectivity index (χ0v) is 11.5. The Bertz CT molecular complexity index is 489. The minimum absolute atomic E-state index is 0.711. The van der Waals surface area contributed by atoms with E-state index in [2.05, 4.69) is 22.2 Å². The van der Waals surface area contributed by atoms with E-state index < -0.39 is 0 Å². The van der Waals surface area contributed by atoms with Gasteiger partial charge < -0.3 is 15.1 Å². The molecule has 0 unspecified atom stereocenters. The topological polar surface area (TPSA) is 44.3 Å². The fourth-order valence-electron chi connectivity index (χ4n) is 3.02. The van der Waals surface area contributed by atoms with E-state index in [-0.39, 0.29) is 0 Å². The number of rotatable bonds is 2. The first kappa shape index (κ1) is 11.6. The maximum Gasteiger partial charge on any atom is 0.225 e. The molecular formula is C14H21N5. The summed E-state index contributed by atoms with van der Waals surface area (Å²) < 4.78 is 0. The summed E-state index contributed by atoms with van der Waals surface area (Å²) in [7, 11) is 2.18. The van der Waals surface area contributed by atoms with Gasteiger partial charge in [-0.3, -0.25) is 0 Å². The van der Waals surface area contributed by atoms with E-state index in [1.165, 1.54) is 29.8 Å². The van der Waals surface area contributed by atoms with Crippen molar-refractivity contribution in [1.82, 2.24) is 20.2 Å². The van der Waals surface area contributed by atoms with Crippen LogP contribution in [0.5, 0.6) is 0 Å². The highest BCUT2D eigenvalue weighted by Crippen LogP contribution is 2.42. The van der Waals surface area contributed by atoms with Crippen LogP contribution in [0.1, 0.15) is 35.7 Å². The molecule has 19 heavy (non-hydrogen) atoms. The van der Waals surface area contributed by atoms with Crippen molar-refractivity contribution in [3.8, 4) is 0 Å². The summed E-state index contributed by atoms with van der Waals surface area (Å²) in [6.07, 6.45) is 2.62. The third-order valence-electron chi connectivity index (χ3n) is 4.46. The lowest BCUT2D eigenvalue weighted by Crippen LogP contribution is -2.45. The number of nitrogens with one attached hydrogen (secondary N) is 1. The zero-order chi connectivity index (χ0) is 12.8. The van der Waals surface area contributed by atoms with E-state index in [0.29, 0.717) is 5.92 Å². The largest absolute Gasteiger partial charge is 0.338 e. The van der Waals surface area contributed by atoms with Crippen molar-refractivity contribution < 1.29 is 0 Å². The van der Waals surface area contributed by atoms with Crippen LogP contribution in [0.2, 0.25) is 0 Å². The summed E-state index contributed by atoms with van der Waals surface area (Å²) in [6, 6.07) is 0. The fraction of sp³-hybridized carbons (Fsp3) is 0.714. The molecule has 4 rings (SSSR count). The smallest absolute Gasteiger partial charge is 0.225 e. The predicted octanol–water partition coefficient (Wildman–Crippen LogP) is 0.709. The van der Waals surface area contributed by atoms with Crippen LogP contribution in [0.4, 0.5) is 5.95 Å². The minimum Gasteiger partial charge on any atom is -0.338 e. The second-order valence-electron chi connectivity index (χ2n) is 6.00. The van der Waals surface area contributed by atoms with Gasteiger partial charge in [-0.1, -0.05) is 0 Å². The maximum atomic E-state index is 4.91. The SMILES string of the molecule is CN1CCN(c2nc3c(c(C4CC4)n2)CNC3)CC1. The molecule has 1 aromatic heterocycles. The summed E-state index contributed by atoms with van der Waals surface area (Å²) in [4.78, 5) is 14.4. The van der Waals surface area contributed by atoms with Crippen LogP contribution in [0.3, 0.4) is 0 Å². The molecule has 0 bridgehead atoms. The zero-order valence-electron chi connectivity index (χ0n) is 11.5. The maximum absolute atomic E-state index is 4.91. The summed E-state index contributed by atoms with van der Waals surface area (Å²) in [5.41, 5.74) is 3.97. The van der Waals surface area contributed by atoms with E-state index in [4.69, 9.17) is 9.97 Å². The minimum atomic E-state index is 0.711. The van der Waals surface area contributed by atoms with Crippen molar-refractivity contribution in [2.75, 3.05) is 38.1 Å². The third kappa shape index (κ3) is 2.11. The molecule has 1 aromatic rings. The van der Waals surface area contributed by atoms with Gasteiger partial charge in [0, 0.05) is 50.7 Å². The summed E-state index contributed by atoms with van der Waals surface area (Å²) >= 11 is 0. The van der Waals surface area contributed by atoms with Gasteiger partial charge in [0.2, 0.25) is 5.95 Å². The molecule has 0 aromatic carbocycles. The molecule has 0 amide bonds. The highest BCUT2D eigenvalue weighted by Gasteiger charge is 2.32. The number of likely N-dealkylation sites (N-methyl/N-ethyl adjacent to an activating group) is 1. The number of fused-ring (bicyclic) bond motifs is 1. The first-order valence-electron chi connectivity index (χ1n) is 7.35. The monoisotopic (exact) mass is 259 g/mol. The quantitative estimate of drug-likeness (QED) is 0.847. The first-order chi connectivity index (χ1) is 9.31. The van der Waals surface area contributed by atoms with Crippen LogP contribution < -0.4 is 10.2 Å². The molecule has 3 aliphatic rings. The number of aromatic nitrogens is 2. The van der Waals surface area contributed by atoms with E-state index in [1.807, 2.05) is 0 Å². The van der Waals surface area contributed by atoms with E-state index in [1.54, 1.807) is 0 Å². The molecule has 5 heteroatoms. The molecule has 2 fully saturated rings. The van der Waals surface area contributed by atoms with Crippen LogP contribution in [0.25, 0.3) is 0 Å². The summed E-state index contributed by atoms with van der Waals surface area (Å²) in [6.45, 7) is 6.19. The Hall–Kier alpha value is -1.20. The van der Waals surface area contributed by atoms with Crippen LogP contribution in [0, 0.1) is 0 Å². The van der Waals surface area contributed by atoms with Crippen molar-refractivity contribution in [3.63, 3.8) is 0 Å². The van der Waals surface area contributed by atoms with Gasteiger partial charge in [0.1, 0.15) is 0 Å². The van der Waals surface area contributed by atoms with E-state index in [0.717, 1.165) is 45.2 Å². The predicted molar refractivity (Wildman–Crippen MR) is 74.3 cm³/mol. The van der Waals surface area contributed by atoms with Crippen molar-refractivity contribution in [2.24, 2.45) is 0 Å². The molecule has 3 heterocycles. The lowest BCUT2D eigenvalue weighted by atomic mass is 10.1. The lowest BCUT2D eigenvalue weighted by molar-refractivity contribution is 0.311. The average Bonchev–Trinajstić information content (AvgIpc) is 3.16. The number of hydrogen-bond donors (Lipinski definition) is 1. The van der Waals surface area contributed by atoms with Crippen LogP contribution >= 0.6 is 0 Å². The van der Waals surface area contributed by atoms with Crippen LogP contribution in [-0.2, 0) is 13.1 Å². The van der Waals surface area contributed by atoms with Gasteiger partial charge in [-0.25, -0.2) is 9.97 Å². The summed E-state index contributed by atoms with van der Waals surface area (Å²) in [5.74, 6) is 1.68. The molecule has 0 atom stereocenters. The van der Waals surface area contributed by atoms with E-state index in [9.17, 15) is 0 Å². The number of hydrogen-bond acceptors (Lipinski definition) is 5. The molecule has 1 N–H and O–H groups in total. The molecular weight excluding hydrogens is 238 g/mol. The Morgan fingerprint density at radius 3 is 2.58 bits per heavy atom. The van der Waals surface area contributed by atoms with Gasteiger partial charge >= 0.3 is 0 Å². The Labute approximate surface area is 114 Å². The molecule has 0 radical (unpaired) electrons. The second-order valence-corrected chi connectivity index (χ2v) is 6.00. The molecule has 1 aliphatic carbocycles. The molecule has 102 valence electrons. The van der Waals surface area contributed by atoms with Gasteiger partial charge in [0.05, 0.1) is 11.4 Å². The Kier molecular flexibility index (Phi) is 2.70. The lowest BCUT2D eigenvalue weighted by Gasteiger charge is -2.32. The summed E-state index contributed by atoms with van der Waals surface area (Å²) in [5, 5.41) is 3.42. The third-order valence-corrected chi connectivity index (χ3v) is 4.46. The molecule has 5 nitrogen and oxygen atoms in total. The van der Waals surface area contributed by atoms with Gasteiger partial charge in [-0.15, -0.1) is 0 Å². The van der Waals surface area contributed by atoms with Crippen molar-refractivity contribution in [2.45, 2.75) is 31.8 Å². The van der Waals surface area contributed by atoms with Crippen molar-refractivity contribution in [1.29, 1.82) is 0 Å². The van der Waals surface area contributed by atoms with Crippen LogP contribution in [-0.4, -0.2) is 48.1 Å². The Morgan fingerprint density at radius 2 is 1.84 bits per heavy atom. The van der Waals surface area contributed by atoms with Gasteiger partial charge in [0.25, 0.3) is 0 Å². The standard InChI is InChI=1S/C14H21N5/c1-18-4-6-19(7-5-18)14-16-12-9-15-8-11(12)13(17-14)10-2-3-10/h10,15H,2-9H2,1H3. The average molecular weight is 259 g/mol. The number of anilines is 1. The molecule has 0 spiro atoms. The Balaban J connectivity index is 1.67. The van der Waals surface area contributed by atoms with Crippen molar-refractivity contribution in [3.05, 3.63) is 17.0 Å². The van der Waals surface area contributed by atoms with Gasteiger partial charge in [-0.2, -0.15) is 0 Å². The highest BCUT2D eigenvalue weighted by molar-refractivity contribution is 5.41. The first-order valence-corrected chi connectivity index (χ1v) is 7.35.